The van der Waals surface area contributed by atoms with E-state index in [1.807, 2.05) is 48.5 Å². The van der Waals surface area contributed by atoms with Crippen molar-refractivity contribution in [2.75, 3.05) is 6.54 Å². The van der Waals surface area contributed by atoms with Crippen LogP contribution in [0.5, 0.6) is 0 Å². The molecule has 0 bridgehead atoms. The molecule has 0 heterocycles. The highest BCUT2D eigenvalue weighted by Crippen LogP contribution is 2.21. The molecule has 0 spiro atoms. The fourth-order valence-corrected chi connectivity index (χ4v) is 3.05. The molecule has 0 fully saturated rings. The number of thioether (sulfide) groups is 1. The normalized spacial score (nSPS) is 13.4. The lowest BCUT2D eigenvalue weighted by Crippen LogP contribution is -2.43. The van der Waals surface area contributed by atoms with Crippen LogP contribution >= 0.6 is 11.8 Å². The summed E-state index contributed by atoms with van der Waals surface area (Å²) in [4.78, 5) is 13.3. The monoisotopic (exact) mass is 314 g/mol. The predicted molar refractivity (Wildman–Crippen MR) is 92.9 cm³/mol. The van der Waals surface area contributed by atoms with Crippen LogP contribution < -0.4 is 11.1 Å². The third-order valence-electron chi connectivity index (χ3n) is 3.28. The van der Waals surface area contributed by atoms with Gasteiger partial charge in [-0.1, -0.05) is 55.5 Å². The van der Waals surface area contributed by atoms with Crippen LogP contribution in [0.25, 0.3) is 0 Å². The van der Waals surface area contributed by atoms with Crippen LogP contribution in [0.2, 0.25) is 0 Å². The summed E-state index contributed by atoms with van der Waals surface area (Å²) in [5.74, 6) is -0.0932. The van der Waals surface area contributed by atoms with E-state index in [0.717, 1.165) is 5.56 Å². The third-order valence-corrected chi connectivity index (χ3v) is 4.39. The number of carbonyl (C=O) groups is 1. The Morgan fingerprint density at radius 3 is 2.32 bits per heavy atom. The molecule has 4 heteroatoms. The average Bonchev–Trinajstić information content (AvgIpc) is 2.54. The first-order valence-electron chi connectivity index (χ1n) is 7.44. The molecule has 1 amide bonds. The molecule has 2 rings (SSSR count). The van der Waals surface area contributed by atoms with Crippen LogP contribution in [0.1, 0.15) is 12.5 Å². The highest BCUT2D eigenvalue weighted by atomic mass is 32.2. The zero-order chi connectivity index (χ0) is 15.8. The summed E-state index contributed by atoms with van der Waals surface area (Å²) in [6.07, 6.45) is 0.562. The Bertz CT molecular complexity index is 574. The molecule has 3 nitrogen and oxygen atoms in total. The van der Waals surface area contributed by atoms with E-state index in [2.05, 4.69) is 24.4 Å². The summed E-state index contributed by atoms with van der Waals surface area (Å²) in [5, 5.41) is 3.24. The molecule has 0 aromatic heterocycles. The second-order valence-corrected chi connectivity index (χ2v) is 6.79. The van der Waals surface area contributed by atoms with Crippen molar-refractivity contribution in [2.45, 2.75) is 29.5 Å². The molecule has 2 aromatic rings. The predicted octanol–water partition coefficient (Wildman–Crippen LogP) is 2.85. The molecule has 0 saturated carbocycles. The summed E-state index contributed by atoms with van der Waals surface area (Å²) in [6.45, 7) is 2.71. The number of nitrogens with two attached hydrogens (primary N) is 1. The number of rotatable bonds is 7. The number of carbonyl (C=O) groups excluding carboxylic acids is 1. The Labute approximate surface area is 136 Å². The van der Waals surface area contributed by atoms with Gasteiger partial charge in [0.05, 0.1) is 6.04 Å². The number of benzene rings is 2. The second-order valence-electron chi connectivity index (χ2n) is 5.28. The minimum Gasteiger partial charge on any atom is -0.354 e. The van der Waals surface area contributed by atoms with Crippen LogP contribution in [0.4, 0.5) is 0 Å². The van der Waals surface area contributed by atoms with Gasteiger partial charge < -0.3 is 11.1 Å². The van der Waals surface area contributed by atoms with Crippen molar-refractivity contribution < 1.29 is 4.79 Å². The molecule has 0 radical (unpaired) electrons. The first kappa shape index (κ1) is 16.6. The first-order chi connectivity index (χ1) is 10.6. The van der Waals surface area contributed by atoms with Crippen LogP contribution in [0, 0.1) is 0 Å². The van der Waals surface area contributed by atoms with Crippen LogP contribution in [0.3, 0.4) is 0 Å². The van der Waals surface area contributed by atoms with Gasteiger partial charge in [-0.15, -0.1) is 11.8 Å². The Morgan fingerprint density at radius 2 is 1.68 bits per heavy atom. The number of nitrogens with one attached hydrogen (secondary N) is 1. The van der Waals surface area contributed by atoms with E-state index in [4.69, 9.17) is 5.73 Å². The van der Waals surface area contributed by atoms with Gasteiger partial charge in [-0.3, -0.25) is 4.79 Å². The number of amides is 1. The maximum Gasteiger partial charge on any atom is 0.237 e. The first-order valence-corrected chi connectivity index (χ1v) is 8.32. The minimum atomic E-state index is -0.503. The highest BCUT2D eigenvalue weighted by Gasteiger charge is 2.15. The number of hydrogen-bond donors (Lipinski definition) is 2. The van der Waals surface area contributed by atoms with Gasteiger partial charge in [0, 0.05) is 16.7 Å². The van der Waals surface area contributed by atoms with Crippen molar-refractivity contribution in [1.29, 1.82) is 0 Å². The van der Waals surface area contributed by atoms with Crippen molar-refractivity contribution in [3.8, 4) is 0 Å². The molecule has 22 heavy (non-hydrogen) atoms. The van der Waals surface area contributed by atoms with Crippen molar-refractivity contribution in [1.82, 2.24) is 5.32 Å². The van der Waals surface area contributed by atoms with Gasteiger partial charge in [0.2, 0.25) is 5.91 Å². The largest absolute Gasteiger partial charge is 0.354 e. The van der Waals surface area contributed by atoms with Crippen LogP contribution in [-0.4, -0.2) is 23.7 Å². The quantitative estimate of drug-likeness (QED) is 0.773. The Balaban J connectivity index is 1.74. The molecule has 0 saturated heterocycles. The van der Waals surface area contributed by atoms with Gasteiger partial charge >= 0.3 is 0 Å². The number of hydrogen-bond acceptors (Lipinski definition) is 3. The molecule has 0 aliphatic heterocycles. The van der Waals surface area contributed by atoms with Gasteiger partial charge in [0.15, 0.2) is 0 Å². The van der Waals surface area contributed by atoms with Crippen molar-refractivity contribution in [3.05, 3.63) is 66.2 Å². The Kier molecular flexibility index (Phi) is 6.49. The van der Waals surface area contributed by atoms with E-state index in [0.29, 0.717) is 18.2 Å². The van der Waals surface area contributed by atoms with E-state index in [1.54, 1.807) is 11.8 Å². The summed E-state index contributed by atoms with van der Waals surface area (Å²) < 4.78 is 0. The smallest absolute Gasteiger partial charge is 0.237 e. The van der Waals surface area contributed by atoms with Crippen molar-refractivity contribution in [3.63, 3.8) is 0 Å². The van der Waals surface area contributed by atoms with Crippen LogP contribution in [-0.2, 0) is 11.2 Å². The maximum absolute atomic E-state index is 12.1. The van der Waals surface area contributed by atoms with Gasteiger partial charge in [-0.05, 0) is 24.1 Å². The van der Waals surface area contributed by atoms with E-state index in [-0.39, 0.29) is 5.91 Å². The van der Waals surface area contributed by atoms with Crippen molar-refractivity contribution >= 4 is 17.7 Å². The molecule has 0 aliphatic carbocycles. The van der Waals surface area contributed by atoms with Gasteiger partial charge in [0.1, 0.15) is 0 Å². The molecule has 1 unspecified atom stereocenters. The molecule has 2 atom stereocenters. The SMILES string of the molecule is CC(CNC(=O)[C@@H](N)Cc1ccccc1)Sc1ccccc1. The zero-order valence-electron chi connectivity index (χ0n) is 12.7. The lowest BCUT2D eigenvalue weighted by atomic mass is 10.1. The lowest BCUT2D eigenvalue weighted by Gasteiger charge is -2.16. The second kappa shape index (κ2) is 8.61. The molecular weight excluding hydrogens is 292 g/mol. The standard InChI is InChI=1S/C18H22N2OS/c1-14(22-16-10-6-3-7-11-16)13-20-18(21)17(19)12-15-8-4-2-5-9-15/h2-11,14,17H,12-13,19H2,1H3,(H,20,21)/t14?,17-/m0/s1. The molecular formula is C18H22N2OS. The Morgan fingerprint density at radius 1 is 1.09 bits per heavy atom. The van der Waals surface area contributed by atoms with Gasteiger partial charge in [-0.25, -0.2) is 0 Å². The maximum atomic E-state index is 12.1. The van der Waals surface area contributed by atoms with E-state index < -0.39 is 6.04 Å². The van der Waals surface area contributed by atoms with Gasteiger partial charge in [-0.2, -0.15) is 0 Å². The average molecular weight is 314 g/mol. The zero-order valence-corrected chi connectivity index (χ0v) is 13.6. The Hall–Kier alpha value is -1.78. The lowest BCUT2D eigenvalue weighted by molar-refractivity contribution is -0.122. The fourth-order valence-electron chi connectivity index (χ4n) is 2.11. The van der Waals surface area contributed by atoms with Gasteiger partial charge in [0.25, 0.3) is 0 Å². The molecule has 2 aromatic carbocycles. The van der Waals surface area contributed by atoms with E-state index in [1.165, 1.54) is 4.90 Å². The summed E-state index contributed by atoms with van der Waals surface area (Å²) >= 11 is 1.75. The summed E-state index contributed by atoms with van der Waals surface area (Å²) in [6, 6.07) is 19.5. The molecule has 116 valence electrons. The fraction of sp³-hybridized carbons (Fsp3) is 0.278. The molecule has 3 N–H and O–H groups in total. The summed E-state index contributed by atoms with van der Waals surface area (Å²) in [7, 11) is 0. The topological polar surface area (TPSA) is 55.1 Å². The van der Waals surface area contributed by atoms with E-state index in [9.17, 15) is 4.79 Å². The molecule has 0 aliphatic rings. The van der Waals surface area contributed by atoms with Crippen molar-refractivity contribution in [2.24, 2.45) is 5.73 Å². The minimum absolute atomic E-state index is 0.0932. The highest BCUT2D eigenvalue weighted by molar-refractivity contribution is 8.00. The van der Waals surface area contributed by atoms with E-state index >= 15 is 0 Å². The van der Waals surface area contributed by atoms with Crippen LogP contribution in [0.15, 0.2) is 65.6 Å². The third kappa shape index (κ3) is 5.54. The summed E-state index contributed by atoms with van der Waals surface area (Å²) in [5.41, 5.74) is 7.05.